The Labute approximate surface area is 134 Å². The van der Waals surface area contributed by atoms with Gasteiger partial charge in [-0.05, 0) is 12.1 Å². The van der Waals surface area contributed by atoms with Crippen LogP contribution < -0.4 is 0 Å². The van der Waals surface area contributed by atoms with Gasteiger partial charge in [0.15, 0.2) is 0 Å². The molecule has 0 saturated heterocycles. The van der Waals surface area contributed by atoms with E-state index in [-0.39, 0.29) is 11.1 Å². The number of halogens is 2. The second-order valence-corrected chi connectivity index (χ2v) is 5.03. The van der Waals surface area contributed by atoms with Gasteiger partial charge in [-0.2, -0.15) is 0 Å². The highest BCUT2D eigenvalue weighted by Crippen LogP contribution is 2.25. The first-order chi connectivity index (χ1) is 11.5. The molecule has 1 aromatic carbocycles. The fraction of sp³-hybridized carbons (Fsp3) is 0.200. The van der Waals surface area contributed by atoms with Crippen LogP contribution in [0.4, 0.5) is 8.78 Å². The predicted molar refractivity (Wildman–Crippen MR) is 74.9 cm³/mol. The molecule has 1 atom stereocenters. The van der Waals surface area contributed by atoms with Gasteiger partial charge in [0.2, 0.25) is 0 Å². The van der Waals surface area contributed by atoms with Gasteiger partial charge in [-0.1, -0.05) is 17.2 Å². The molecule has 1 aliphatic heterocycles. The zero-order valence-electron chi connectivity index (χ0n) is 12.1. The molecule has 0 saturated carbocycles. The third-order valence-corrected chi connectivity index (χ3v) is 3.52. The fourth-order valence-electron chi connectivity index (χ4n) is 2.35. The number of aromatic nitrogens is 2. The number of hydroxylamine groups is 2. The molecule has 0 spiro atoms. The summed E-state index contributed by atoms with van der Waals surface area (Å²) in [6.07, 6.45) is 0.152. The summed E-state index contributed by atoms with van der Waals surface area (Å²) in [4.78, 5) is 44.4. The molecule has 3 rings (SSSR count). The molecule has 2 heterocycles. The minimum Gasteiger partial charge on any atom is -0.330 e. The van der Waals surface area contributed by atoms with E-state index in [4.69, 9.17) is 4.84 Å². The highest BCUT2D eigenvalue weighted by molar-refractivity contribution is 6.20. The van der Waals surface area contributed by atoms with E-state index in [0.29, 0.717) is 5.06 Å². The van der Waals surface area contributed by atoms with E-state index in [1.54, 1.807) is 12.1 Å². The number of imidazole rings is 1. The number of alkyl halides is 2. The Bertz CT molecular complexity index is 757. The van der Waals surface area contributed by atoms with Crippen LogP contribution in [0.3, 0.4) is 0 Å². The number of fused-ring (bicyclic) bond motifs is 1. The highest BCUT2D eigenvalue weighted by atomic mass is 19.3. The first-order valence-electron chi connectivity index (χ1n) is 6.93. The van der Waals surface area contributed by atoms with Gasteiger partial charge in [0.1, 0.15) is 6.04 Å². The lowest BCUT2D eigenvalue weighted by Gasteiger charge is -2.18. The molecular weight excluding hydrogens is 324 g/mol. The molecule has 124 valence electrons. The van der Waals surface area contributed by atoms with Gasteiger partial charge >= 0.3 is 5.97 Å². The summed E-state index contributed by atoms with van der Waals surface area (Å²) in [6, 6.07) is 4.44. The number of rotatable bonds is 5. The molecule has 7 nitrogen and oxygen atoms in total. The molecule has 24 heavy (non-hydrogen) atoms. The average molecular weight is 335 g/mol. The summed E-state index contributed by atoms with van der Waals surface area (Å²) in [6.45, 7) is 0. The summed E-state index contributed by atoms with van der Waals surface area (Å²) in [5, 5.41) is 0.295. The van der Waals surface area contributed by atoms with Crippen LogP contribution in [0.5, 0.6) is 0 Å². The van der Waals surface area contributed by atoms with Crippen molar-refractivity contribution in [2.75, 3.05) is 0 Å². The van der Waals surface area contributed by atoms with Crippen molar-refractivity contribution in [3.8, 4) is 0 Å². The van der Waals surface area contributed by atoms with Gasteiger partial charge in [-0.25, -0.2) is 18.6 Å². The smallest absolute Gasteiger partial charge is 0.330 e. The van der Waals surface area contributed by atoms with Gasteiger partial charge in [0.05, 0.1) is 23.9 Å². The number of imide groups is 1. The molecule has 2 amide bonds. The molecule has 0 bridgehead atoms. The van der Waals surface area contributed by atoms with Crippen molar-refractivity contribution < 1.29 is 28.0 Å². The predicted octanol–water partition coefficient (Wildman–Crippen LogP) is 1.83. The van der Waals surface area contributed by atoms with Crippen LogP contribution in [0.25, 0.3) is 0 Å². The third kappa shape index (κ3) is 2.75. The molecule has 0 aliphatic carbocycles. The molecule has 9 heteroatoms. The van der Waals surface area contributed by atoms with Crippen LogP contribution in [-0.4, -0.2) is 38.8 Å². The summed E-state index contributed by atoms with van der Waals surface area (Å²) in [7, 11) is 0. The molecule has 1 unspecified atom stereocenters. The van der Waals surface area contributed by atoms with Gasteiger partial charge in [0.25, 0.3) is 18.2 Å². The number of amides is 2. The van der Waals surface area contributed by atoms with E-state index in [0.717, 1.165) is 10.9 Å². The average Bonchev–Trinajstić information content (AvgIpc) is 3.16. The van der Waals surface area contributed by atoms with E-state index >= 15 is 0 Å². The molecule has 1 aliphatic rings. The molecule has 1 aromatic heterocycles. The standard InChI is InChI=1S/C15H11F2N3O4/c16-13(17)11(19-6-5-18-8-19)7-12(21)24-20-14(22)9-3-1-2-4-10(9)15(20)23/h1-6,8,11,13H,7H2. The lowest BCUT2D eigenvalue weighted by atomic mass is 10.1. The molecule has 2 aromatic rings. The maximum absolute atomic E-state index is 13.1. The largest absolute Gasteiger partial charge is 0.335 e. The lowest BCUT2D eigenvalue weighted by Crippen LogP contribution is -2.34. The first-order valence-corrected chi connectivity index (χ1v) is 6.93. The third-order valence-electron chi connectivity index (χ3n) is 3.52. The molecule has 0 N–H and O–H groups in total. The number of hydrogen-bond acceptors (Lipinski definition) is 5. The number of carbonyl (C=O) groups excluding carboxylic acids is 3. The number of hydrogen-bond donors (Lipinski definition) is 0. The minimum atomic E-state index is -2.85. The Kier molecular flexibility index (Phi) is 4.07. The SMILES string of the molecule is O=C(CC(C(F)F)n1ccnc1)ON1C(=O)c2ccccc2C1=O. The van der Waals surface area contributed by atoms with Crippen LogP contribution in [0.15, 0.2) is 43.0 Å². The quantitative estimate of drug-likeness (QED) is 0.779. The van der Waals surface area contributed by atoms with Crippen LogP contribution in [0.2, 0.25) is 0 Å². The van der Waals surface area contributed by atoms with Crippen molar-refractivity contribution in [1.29, 1.82) is 0 Å². The normalized spacial score (nSPS) is 14.9. The molecular formula is C15H11F2N3O4. The van der Waals surface area contributed by atoms with Crippen LogP contribution in [0.1, 0.15) is 33.2 Å². The van der Waals surface area contributed by atoms with Gasteiger partial charge < -0.3 is 9.40 Å². The van der Waals surface area contributed by atoms with Crippen molar-refractivity contribution >= 4 is 17.8 Å². The van der Waals surface area contributed by atoms with Crippen LogP contribution in [-0.2, 0) is 9.63 Å². The Hall–Kier alpha value is -3.10. The molecule has 0 radical (unpaired) electrons. The van der Waals surface area contributed by atoms with Gasteiger partial charge in [-0.15, -0.1) is 0 Å². The van der Waals surface area contributed by atoms with E-state index < -0.39 is 36.7 Å². The maximum Gasteiger partial charge on any atom is 0.335 e. The first kappa shape index (κ1) is 15.8. The Morgan fingerprint density at radius 2 is 1.79 bits per heavy atom. The highest BCUT2D eigenvalue weighted by Gasteiger charge is 2.39. The second kappa shape index (κ2) is 6.19. The lowest BCUT2D eigenvalue weighted by molar-refractivity contribution is -0.170. The van der Waals surface area contributed by atoms with Crippen molar-refractivity contribution in [3.05, 3.63) is 54.1 Å². The Morgan fingerprint density at radius 3 is 2.29 bits per heavy atom. The van der Waals surface area contributed by atoms with E-state index in [1.807, 2.05) is 0 Å². The number of carbonyl (C=O) groups is 3. The van der Waals surface area contributed by atoms with Gasteiger partial charge in [-0.3, -0.25) is 9.59 Å². The fourth-order valence-corrected chi connectivity index (χ4v) is 2.35. The minimum absolute atomic E-state index is 0.0929. The van der Waals surface area contributed by atoms with Crippen LogP contribution >= 0.6 is 0 Å². The number of benzene rings is 1. The summed E-state index contributed by atoms with van der Waals surface area (Å²) in [5.74, 6) is -2.73. The molecule has 0 fully saturated rings. The van der Waals surface area contributed by atoms with Crippen molar-refractivity contribution in [2.24, 2.45) is 0 Å². The second-order valence-electron chi connectivity index (χ2n) is 5.03. The van der Waals surface area contributed by atoms with Gasteiger partial charge in [0, 0.05) is 12.4 Å². The summed E-state index contributed by atoms with van der Waals surface area (Å²) < 4.78 is 27.3. The zero-order valence-corrected chi connectivity index (χ0v) is 12.1. The van der Waals surface area contributed by atoms with E-state index in [1.165, 1.54) is 24.5 Å². The topological polar surface area (TPSA) is 81.5 Å². The van der Waals surface area contributed by atoms with Crippen LogP contribution in [0, 0.1) is 0 Å². The van der Waals surface area contributed by atoms with E-state index in [9.17, 15) is 23.2 Å². The summed E-state index contributed by atoms with van der Waals surface area (Å²) >= 11 is 0. The Morgan fingerprint density at radius 1 is 1.17 bits per heavy atom. The van der Waals surface area contributed by atoms with Crippen molar-refractivity contribution in [1.82, 2.24) is 14.6 Å². The zero-order chi connectivity index (χ0) is 17.3. The Balaban J connectivity index is 1.72. The summed E-state index contributed by atoms with van der Waals surface area (Å²) in [5.41, 5.74) is 0.186. The number of nitrogens with zero attached hydrogens (tertiary/aromatic N) is 3. The van der Waals surface area contributed by atoms with Crippen molar-refractivity contribution in [2.45, 2.75) is 18.9 Å². The maximum atomic E-state index is 13.1. The monoisotopic (exact) mass is 335 g/mol. The van der Waals surface area contributed by atoms with E-state index in [2.05, 4.69) is 4.98 Å². The van der Waals surface area contributed by atoms with Crippen molar-refractivity contribution in [3.63, 3.8) is 0 Å².